The molecule has 44 heavy (non-hydrogen) atoms. The molecule has 4 atom stereocenters. The van der Waals surface area contributed by atoms with Gasteiger partial charge in [0.1, 0.15) is 13.3 Å². The lowest BCUT2D eigenvalue weighted by molar-refractivity contribution is -0.121. The van der Waals surface area contributed by atoms with Crippen LogP contribution in [0.3, 0.4) is 0 Å². The van der Waals surface area contributed by atoms with Crippen molar-refractivity contribution in [2.75, 3.05) is 25.9 Å². The summed E-state index contributed by atoms with van der Waals surface area (Å²) in [4.78, 5) is 33.9. The molecule has 0 radical (unpaired) electrons. The van der Waals surface area contributed by atoms with Crippen LogP contribution < -0.4 is 10.6 Å². The standard InChI is InChI=1S/C25H26Cl4F2N2O9S2/c1-43(37,38)15-7-3-13(4-8-15)19(17(11-30)32-23(34)21(26)27)41-25(36)42-20(18(12-31)33-24(35)22(28)29)14-5-9-16(10-6-14)44(2,39)40/h3-10,17-22H,11-12H2,1-2H3,(H,32,34)(H,33,35)/t17-,18-,19-,20-/m1/s1. The second kappa shape index (κ2) is 16.2. The van der Waals surface area contributed by atoms with Crippen molar-refractivity contribution in [2.45, 2.75) is 43.8 Å². The Morgan fingerprint density at radius 2 is 0.955 bits per heavy atom. The van der Waals surface area contributed by atoms with Gasteiger partial charge in [-0.3, -0.25) is 9.59 Å². The summed E-state index contributed by atoms with van der Waals surface area (Å²) in [5.41, 5.74) is -0.0102. The number of ether oxygens (including phenoxy) is 2. The van der Waals surface area contributed by atoms with Gasteiger partial charge in [-0.25, -0.2) is 30.4 Å². The number of carbonyl (C=O) groups excluding carboxylic acids is 3. The fraction of sp³-hybridized carbons (Fsp3) is 0.400. The summed E-state index contributed by atoms with van der Waals surface area (Å²) in [6, 6.07) is 6.08. The highest BCUT2D eigenvalue weighted by atomic mass is 35.5. The lowest BCUT2D eigenvalue weighted by Crippen LogP contribution is -2.46. The van der Waals surface area contributed by atoms with Crippen LogP contribution in [0.4, 0.5) is 13.6 Å². The number of rotatable bonds is 14. The Morgan fingerprint density at radius 3 is 1.18 bits per heavy atom. The van der Waals surface area contributed by atoms with Crippen LogP contribution in [0.2, 0.25) is 0 Å². The molecule has 244 valence electrons. The van der Waals surface area contributed by atoms with Crippen molar-refractivity contribution >= 4 is 84.0 Å². The average molecular weight is 742 g/mol. The third-order valence-corrected chi connectivity index (χ3v) is 8.88. The van der Waals surface area contributed by atoms with Crippen LogP contribution >= 0.6 is 46.4 Å². The molecule has 19 heteroatoms. The first kappa shape index (κ1) is 37.8. The largest absolute Gasteiger partial charge is 0.509 e. The van der Waals surface area contributed by atoms with Crippen LogP contribution in [-0.2, 0) is 38.7 Å². The summed E-state index contributed by atoms with van der Waals surface area (Å²) in [6.45, 7) is -2.69. The van der Waals surface area contributed by atoms with Gasteiger partial charge in [-0.05, 0) is 35.4 Å². The van der Waals surface area contributed by atoms with Crippen LogP contribution in [-0.4, -0.2) is 82.4 Å². The molecule has 0 spiro atoms. The fourth-order valence-electron chi connectivity index (χ4n) is 3.69. The normalized spacial score (nSPS) is 14.8. The minimum absolute atomic E-state index is 0.00508. The number of hydrogen-bond acceptors (Lipinski definition) is 9. The van der Waals surface area contributed by atoms with Gasteiger partial charge in [0.05, 0.1) is 21.9 Å². The Labute approximate surface area is 272 Å². The molecule has 0 aromatic heterocycles. The van der Waals surface area contributed by atoms with Gasteiger partial charge in [-0.15, -0.1) is 0 Å². The van der Waals surface area contributed by atoms with Gasteiger partial charge in [0, 0.05) is 12.5 Å². The molecule has 0 aliphatic heterocycles. The van der Waals surface area contributed by atoms with Gasteiger partial charge in [0.25, 0.3) is 11.8 Å². The molecule has 0 saturated carbocycles. The molecule has 2 aromatic rings. The van der Waals surface area contributed by atoms with Crippen LogP contribution in [0.15, 0.2) is 58.3 Å². The lowest BCUT2D eigenvalue weighted by atomic mass is 10.0. The Bertz CT molecular complexity index is 1420. The minimum Gasteiger partial charge on any atom is -0.424 e. The molecular formula is C25H26Cl4F2N2O9S2. The Kier molecular flexibility index (Phi) is 13.9. The first-order valence-electron chi connectivity index (χ1n) is 12.1. The van der Waals surface area contributed by atoms with Gasteiger partial charge in [0.2, 0.25) is 0 Å². The van der Waals surface area contributed by atoms with E-state index in [1.165, 1.54) is 24.3 Å². The van der Waals surface area contributed by atoms with E-state index in [-0.39, 0.29) is 20.9 Å². The lowest BCUT2D eigenvalue weighted by Gasteiger charge is -2.29. The van der Waals surface area contributed by atoms with Gasteiger partial charge < -0.3 is 20.1 Å². The number of hydrogen-bond donors (Lipinski definition) is 2. The fourth-order valence-corrected chi connectivity index (χ4v) is 5.20. The van der Waals surface area contributed by atoms with E-state index >= 15 is 0 Å². The predicted molar refractivity (Wildman–Crippen MR) is 159 cm³/mol. The van der Waals surface area contributed by atoms with Crippen molar-refractivity contribution in [2.24, 2.45) is 0 Å². The van der Waals surface area contributed by atoms with Crippen LogP contribution in [0, 0.1) is 0 Å². The maximum atomic E-state index is 14.2. The predicted octanol–water partition coefficient (Wildman–Crippen LogP) is 3.95. The topological polar surface area (TPSA) is 162 Å². The molecule has 2 rings (SSSR count). The first-order valence-corrected chi connectivity index (χ1v) is 17.7. The molecular weight excluding hydrogens is 716 g/mol. The van der Waals surface area contributed by atoms with Gasteiger partial charge in [0.15, 0.2) is 41.6 Å². The highest BCUT2D eigenvalue weighted by Gasteiger charge is 2.35. The zero-order valence-corrected chi connectivity index (χ0v) is 27.4. The van der Waals surface area contributed by atoms with E-state index in [2.05, 4.69) is 10.6 Å². The molecule has 2 aromatic carbocycles. The van der Waals surface area contributed by atoms with Crippen molar-refractivity contribution in [1.82, 2.24) is 10.6 Å². The Balaban J connectivity index is 2.52. The van der Waals surface area contributed by atoms with Crippen LogP contribution in [0.5, 0.6) is 0 Å². The maximum absolute atomic E-state index is 14.2. The number of amides is 2. The average Bonchev–Trinajstić information content (AvgIpc) is 2.95. The molecule has 0 aliphatic carbocycles. The summed E-state index contributed by atoms with van der Waals surface area (Å²) in [7, 11) is -7.30. The number of alkyl halides is 6. The zero-order chi connectivity index (χ0) is 33.4. The van der Waals surface area contributed by atoms with E-state index < -0.39 is 85.0 Å². The minimum atomic E-state index is -3.65. The second-order valence-corrected chi connectivity index (χ2v) is 15.4. The number of nitrogens with one attached hydrogen (secondary N) is 2. The van der Waals surface area contributed by atoms with E-state index in [9.17, 15) is 40.0 Å². The Morgan fingerprint density at radius 1 is 0.659 bits per heavy atom. The number of sulfone groups is 2. The highest BCUT2D eigenvalue weighted by molar-refractivity contribution is 7.91. The second-order valence-electron chi connectivity index (χ2n) is 9.15. The number of halogens is 6. The third-order valence-electron chi connectivity index (χ3n) is 5.84. The van der Waals surface area contributed by atoms with E-state index in [0.29, 0.717) is 0 Å². The zero-order valence-electron chi connectivity index (χ0n) is 22.8. The summed E-state index contributed by atoms with van der Waals surface area (Å²) < 4.78 is 86.6. The Hall–Kier alpha value is -2.43. The quantitative estimate of drug-likeness (QED) is 0.216. The van der Waals surface area contributed by atoms with Gasteiger partial charge in [-0.2, -0.15) is 0 Å². The molecule has 0 fully saturated rings. The van der Waals surface area contributed by atoms with Crippen molar-refractivity contribution < 1.29 is 49.5 Å². The van der Waals surface area contributed by atoms with Crippen molar-refractivity contribution in [3.8, 4) is 0 Å². The van der Waals surface area contributed by atoms with Crippen LogP contribution in [0.1, 0.15) is 23.3 Å². The molecule has 0 unspecified atom stereocenters. The highest BCUT2D eigenvalue weighted by Crippen LogP contribution is 2.29. The van der Waals surface area contributed by atoms with E-state index in [1.807, 2.05) is 0 Å². The van der Waals surface area contributed by atoms with Gasteiger partial charge in [-0.1, -0.05) is 70.7 Å². The van der Waals surface area contributed by atoms with E-state index in [1.54, 1.807) is 0 Å². The van der Waals surface area contributed by atoms with E-state index in [0.717, 1.165) is 36.8 Å². The smallest absolute Gasteiger partial charge is 0.424 e. The molecule has 2 N–H and O–H groups in total. The molecule has 0 aliphatic rings. The summed E-state index contributed by atoms with van der Waals surface area (Å²) >= 11 is 22.2. The summed E-state index contributed by atoms with van der Waals surface area (Å²) in [5.74, 6) is -2.10. The molecule has 11 nitrogen and oxygen atoms in total. The first-order chi connectivity index (χ1) is 20.4. The van der Waals surface area contributed by atoms with Crippen molar-refractivity contribution in [1.29, 1.82) is 0 Å². The molecule has 0 bridgehead atoms. The monoisotopic (exact) mass is 740 g/mol. The van der Waals surface area contributed by atoms with Gasteiger partial charge >= 0.3 is 6.16 Å². The SMILES string of the molecule is CS(=O)(=O)c1ccc([C@@H](OC(=O)O[C@H](c2ccc(S(C)(=O)=O)cc2)[C@@H](CF)NC(=O)C(Cl)Cl)[C@@H](CF)NC(=O)C(Cl)Cl)cc1. The molecule has 0 heterocycles. The molecule has 2 amide bonds. The molecule has 0 saturated heterocycles. The van der Waals surface area contributed by atoms with E-state index in [4.69, 9.17) is 55.9 Å². The third kappa shape index (κ3) is 10.9. The van der Waals surface area contributed by atoms with Crippen LogP contribution in [0.25, 0.3) is 0 Å². The van der Waals surface area contributed by atoms with Crippen molar-refractivity contribution in [3.63, 3.8) is 0 Å². The van der Waals surface area contributed by atoms with Crippen molar-refractivity contribution in [3.05, 3.63) is 59.7 Å². The number of carbonyl (C=O) groups is 3. The maximum Gasteiger partial charge on any atom is 0.509 e. The summed E-state index contributed by atoms with van der Waals surface area (Å²) in [5, 5.41) is 4.32. The number of benzene rings is 2. The summed E-state index contributed by atoms with van der Waals surface area (Å²) in [6.07, 6.45) is -3.05.